The van der Waals surface area contributed by atoms with Crippen LogP contribution in [0.2, 0.25) is 0 Å². The Bertz CT molecular complexity index is 882. The minimum Gasteiger partial charge on any atom is -0.351 e. The summed E-state index contributed by atoms with van der Waals surface area (Å²) < 4.78 is 1.56. The Labute approximate surface area is 152 Å². The normalized spacial score (nSPS) is 32.1. The molecule has 4 saturated carbocycles. The minimum absolute atomic E-state index is 0.0401. The molecular weight excluding hydrogens is 326 g/mol. The summed E-state index contributed by atoms with van der Waals surface area (Å²) in [5.74, 6) is 2.52. The molecule has 4 fully saturated rings. The van der Waals surface area contributed by atoms with Crippen LogP contribution in [0.1, 0.15) is 44.9 Å². The van der Waals surface area contributed by atoms with Crippen molar-refractivity contribution in [3.05, 3.63) is 40.9 Å². The lowest BCUT2D eigenvalue weighted by Crippen LogP contribution is -2.59. The predicted molar refractivity (Wildman–Crippen MR) is 99.7 cm³/mol. The maximum atomic E-state index is 12.6. The van der Waals surface area contributed by atoms with Crippen LogP contribution in [0.15, 0.2) is 35.4 Å². The standard InChI is InChI=1S/C21H25N3O2/c25-19(23-21-10-14-7-15(11-21)9-16(8-14)12-21)5-6-24-13-22-18-4-2-1-3-17(18)20(24)26/h1-4,13-16H,5-12H2,(H,23,25). The highest BCUT2D eigenvalue weighted by Crippen LogP contribution is 2.55. The zero-order valence-electron chi connectivity index (χ0n) is 15.0. The van der Waals surface area contributed by atoms with Crippen LogP contribution in [0.5, 0.6) is 0 Å². The van der Waals surface area contributed by atoms with E-state index in [0.717, 1.165) is 37.0 Å². The Hall–Kier alpha value is -2.17. The van der Waals surface area contributed by atoms with E-state index >= 15 is 0 Å². The molecule has 4 aliphatic rings. The van der Waals surface area contributed by atoms with Crippen LogP contribution in [0.3, 0.4) is 0 Å². The van der Waals surface area contributed by atoms with Gasteiger partial charge in [-0.25, -0.2) is 4.98 Å². The van der Waals surface area contributed by atoms with Crippen LogP contribution in [0, 0.1) is 17.8 Å². The lowest BCUT2D eigenvalue weighted by molar-refractivity contribution is -0.127. The molecule has 2 aromatic rings. The molecule has 0 unspecified atom stereocenters. The van der Waals surface area contributed by atoms with Crippen molar-refractivity contribution >= 4 is 16.8 Å². The van der Waals surface area contributed by atoms with E-state index in [4.69, 9.17) is 0 Å². The number of nitrogens with one attached hydrogen (secondary N) is 1. The fourth-order valence-corrected chi connectivity index (χ4v) is 6.11. The number of hydrogen-bond donors (Lipinski definition) is 1. The maximum Gasteiger partial charge on any atom is 0.261 e. The number of nitrogens with zero attached hydrogens (tertiary/aromatic N) is 2. The fourth-order valence-electron chi connectivity index (χ4n) is 6.11. The summed E-state index contributed by atoms with van der Waals surface area (Å²) in [4.78, 5) is 29.5. The molecule has 0 atom stereocenters. The number of carbonyl (C=O) groups excluding carboxylic acids is 1. The lowest BCUT2D eigenvalue weighted by Gasteiger charge is -2.56. The smallest absolute Gasteiger partial charge is 0.261 e. The summed E-state index contributed by atoms with van der Waals surface area (Å²) in [7, 11) is 0. The number of amides is 1. The van der Waals surface area contributed by atoms with Crippen LogP contribution in [0.25, 0.3) is 10.9 Å². The van der Waals surface area contributed by atoms with Crippen LogP contribution in [0.4, 0.5) is 0 Å². The van der Waals surface area contributed by atoms with Gasteiger partial charge < -0.3 is 5.32 Å². The Morgan fingerprint density at radius 2 is 1.77 bits per heavy atom. The van der Waals surface area contributed by atoms with E-state index in [1.54, 1.807) is 17.0 Å². The second-order valence-electron chi connectivity index (χ2n) is 8.76. The minimum atomic E-state index is -0.0711. The first-order valence-electron chi connectivity index (χ1n) is 9.85. The fraction of sp³-hybridized carbons (Fsp3) is 0.571. The molecule has 136 valence electrons. The SMILES string of the molecule is O=C(CCn1cnc2ccccc2c1=O)NC12CC3CC(CC(C3)C1)C2. The number of carbonyl (C=O) groups is 1. The number of fused-ring (bicyclic) bond motifs is 1. The molecule has 1 aromatic heterocycles. The van der Waals surface area contributed by atoms with Gasteiger partial charge in [0.15, 0.2) is 0 Å². The van der Waals surface area contributed by atoms with Crippen molar-refractivity contribution in [2.75, 3.05) is 0 Å². The highest BCUT2D eigenvalue weighted by molar-refractivity contribution is 5.78. The Morgan fingerprint density at radius 3 is 2.46 bits per heavy atom. The molecule has 1 heterocycles. The molecule has 0 radical (unpaired) electrons. The maximum absolute atomic E-state index is 12.6. The van der Waals surface area contributed by atoms with Gasteiger partial charge in [-0.05, 0) is 68.4 Å². The topological polar surface area (TPSA) is 64.0 Å². The van der Waals surface area contributed by atoms with Gasteiger partial charge in [0.25, 0.3) is 5.56 Å². The second kappa shape index (κ2) is 5.93. The summed E-state index contributed by atoms with van der Waals surface area (Å²) >= 11 is 0. The third-order valence-corrected chi connectivity index (χ3v) is 6.75. The van der Waals surface area contributed by atoms with Crippen LogP contribution < -0.4 is 10.9 Å². The van der Waals surface area contributed by atoms with Crippen LogP contribution in [-0.2, 0) is 11.3 Å². The van der Waals surface area contributed by atoms with Gasteiger partial charge in [-0.2, -0.15) is 0 Å². The number of benzene rings is 1. The summed E-state index contributed by atoms with van der Waals surface area (Å²) in [5.41, 5.74) is 0.670. The van der Waals surface area contributed by atoms with Crippen LogP contribution in [-0.4, -0.2) is 21.0 Å². The van der Waals surface area contributed by atoms with E-state index in [0.29, 0.717) is 23.9 Å². The molecule has 1 amide bonds. The number of aryl methyl sites for hydroxylation is 1. The molecule has 4 bridgehead atoms. The highest BCUT2D eigenvalue weighted by atomic mass is 16.2. The van der Waals surface area contributed by atoms with Crippen molar-refractivity contribution in [2.45, 2.75) is 57.0 Å². The van der Waals surface area contributed by atoms with E-state index in [2.05, 4.69) is 10.3 Å². The van der Waals surface area contributed by atoms with Crippen molar-refractivity contribution in [1.29, 1.82) is 0 Å². The number of hydrogen-bond acceptors (Lipinski definition) is 3. The monoisotopic (exact) mass is 351 g/mol. The van der Waals surface area contributed by atoms with Crippen molar-refractivity contribution in [3.63, 3.8) is 0 Å². The van der Waals surface area contributed by atoms with Crippen LogP contribution >= 0.6 is 0 Å². The summed E-state index contributed by atoms with van der Waals surface area (Å²) in [6.07, 6.45) is 9.46. The molecule has 26 heavy (non-hydrogen) atoms. The van der Waals surface area contributed by atoms with E-state index < -0.39 is 0 Å². The average Bonchev–Trinajstić information content (AvgIpc) is 2.60. The first kappa shape index (κ1) is 16.0. The molecule has 5 heteroatoms. The van der Waals surface area contributed by atoms with E-state index in [9.17, 15) is 9.59 Å². The predicted octanol–water partition coefficient (Wildman–Crippen LogP) is 2.87. The zero-order chi connectivity index (χ0) is 17.7. The average molecular weight is 351 g/mol. The van der Waals surface area contributed by atoms with Gasteiger partial charge in [0.1, 0.15) is 0 Å². The Balaban J connectivity index is 1.27. The highest BCUT2D eigenvalue weighted by Gasteiger charge is 2.51. The quantitative estimate of drug-likeness (QED) is 0.921. The van der Waals surface area contributed by atoms with Gasteiger partial charge in [-0.1, -0.05) is 12.1 Å². The molecule has 1 N–H and O–H groups in total. The number of rotatable bonds is 4. The third-order valence-electron chi connectivity index (χ3n) is 6.75. The molecular formula is C21H25N3O2. The Morgan fingerprint density at radius 1 is 1.12 bits per heavy atom. The van der Waals surface area contributed by atoms with Crippen molar-refractivity contribution in [3.8, 4) is 0 Å². The molecule has 4 aliphatic carbocycles. The first-order chi connectivity index (χ1) is 12.6. The summed E-state index contributed by atoms with van der Waals surface area (Å²) in [6.45, 7) is 0.384. The third kappa shape index (κ3) is 2.74. The van der Waals surface area contributed by atoms with Crippen molar-refractivity contribution < 1.29 is 4.79 Å². The van der Waals surface area contributed by atoms with E-state index in [-0.39, 0.29) is 17.0 Å². The van der Waals surface area contributed by atoms with E-state index in [1.165, 1.54) is 19.3 Å². The molecule has 0 saturated heterocycles. The van der Waals surface area contributed by atoms with E-state index in [1.807, 2.05) is 18.2 Å². The zero-order valence-corrected chi connectivity index (χ0v) is 15.0. The van der Waals surface area contributed by atoms with Crippen molar-refractivity contribution in [1.82, 2.24) is 14.9 Å². The molecule has 1 aromatic carbocycles. The molecule has 0 spiro atoms. The number of aromatic nitrogens is 2. The Kier molecular flexibility index (Phi) is 3.66. The first-order valence-corrected chi connectivity index (χ1v) is 9.85. The number of para-hydroxylation sites is 1. The summed E-state index contributed by atoms with van der Waals surface area (Å²) in [5, 5.41) is 3.98. The second-order valence-corrected chi connectivity index (χ2v) is 8.76. The lowest BCUT2D eigenvalue weighted by atomic mass is 9.53. The molecule has 5 nitrogen and oxygen atoms in total. The largest absolute Gasteiger partial charge is 0.351 e. The van der Waals surface area contributed by atoms with Gasteiger partial charge >= 0.3 is 0 Å². The van der Waals surface area contributed by atoms with Gasteiger partial charge in [0, 0.05) is 18.5 Å². The van der Waals surface area contributed by atoms with Gasteiger partial charge in [-0.3, -0.25) is 14.2 Å². The van der Waals surface area contributed by atoms with Gasteiger partial charge in [0.2, 0.25) is 5.91 Å². The van der Waals surface area contributed by atoms with Crippen molar-refractivity contribution in [2.24, 2.45) is 17.8 Å². The van der Waals surface area contributed by atoms with Gasteiger partial charge in [-0.15, -0.1) is 0 Å². The van der Waals surface area contributed by atoms with Gasteiger partial charge in [0.05, 0.1) is 17.2 Å². The molecule has 6 rings (SSSR count). The summed E-state index contributed by atoms with van der Waals surface area (Å²) in [6, 6.07) is 7.34. The molecule has 0 aliphatic heterocycles.